The summed E-state index contributed by atoms with van der Waals surface area (Å²) in [6.45, 7) is 5.99. The van der Waals surface area contributed by atoms with Gasteiger partial charge >= 0.3 is 0 Å². The first-order valence-corrected chi connectivity index (χ1v) is 8.58. The van der Waals surface area contributed by atoms with Gasteiger partial charge in [-0.3, -0.25) is 0 Å². The van der Waals surface area contributed by atoms with Gasteiger partial charge in [0.05, 0.1) is 3.79 Å². The van der Waals surface area contributed by atoms with Crippen LogP contribution in [0.15, 0.2) is 14.3 Å². The fourth-order valence-corrected chi connectivity index (χ4v) is 5.24. The van der Waals surface area contributed by atoms with E-state index in [2.05, 4.69) is 57.1 Å². The third kappa shape index (κ3) is 2.38. The lowest BCUT2D eigenvalue weighted by Gasteiger charge is -2.02. The first-order valence-electron chi connectivity index (χ1n) is 6.18. The van der Waals surface area contributed by atoms with Crippen molar-refractivity contribution < 1.29 is 0 Å². The van der Waals surface area contributed by atoms with Crippen molar-refractivity contribution in [2.45, 2.75) is 38.6 Å². The van der Waals surface area contributed by atoms with Crippen molar-refractivity contribution in [2.24, 2.45) is 11.3 Å². The minimum absolute atomic E-state index is 0.464. The normalized spacial score (nSPS) is 30.6. The van der Waals surface area contributed by atoms with Crippen LogP contribution in [0.5, 0.6) is 0 Å². The fraction of sp³-hybridized carbons (Fsp3) is 0.692. The molecule has 0 aliphatic heterocycles. The molecule has 0 bridgehead atoms. The van der Waals surface area contributed by atoms with Crippen LogP contribution in [0.4, 0.5) is 0 Å². The van der Waals surface area contributed by atoms with Crippen LogP contribution in [0, 0.1) is 11.3 Å². The first kappa shape index (κ1) is 12.6. The van der Waals surface area contributed by atoms with E-state index in [0.717, 1.165) is 17.9 Å². The molecule has 0 saturated heterocycles. The third-order valence-electron chi connectivity index (χ3n) is 4.23. The van der Waals surface area contributed by atoms with Crippen LogP contribution >= 0.6 is 43.2 Å². The summed E-state index contributed by atoms with van der Waals surface area (Å²) in [5.74, 6) is 1.54. The Bertz CT molecular complexity index is 417. The summed E-state index contributed by atoms with van der Waals surface area (Å²) in [4.78, 5) is 1.52. The summed E-state index contributed by atoms with van der Waals surface area (Å²) >= 11 is 9.07. The van der Waals surface area contributed by atoms with Gasteiger partial charge in [-0.2, -0.15) is 0 Å². The molecule has 0 radical (unpaired) electrons. The van der Waals surface area contributed by atoms with Crippen molar-refractivity contribution >= 4 is 43.2 Å². The van der Waals surface area contributed by atoms with Gasteiger partial charge in [0.15, 0.2) is 0 Å². The minimum Gasteiger partial charge on any atom is -0.314 e. The molecular weight excluding hydrogens is 362 g/mol. The van der Waals surface area contributed by atoms with Gasteiger partial charge in [-0.05, 0) is 68.6 Å². The minimum atomic E-state index is 0.464. The molecule has 1 aromatic rings. The second kappa shape index (κ2) is 4.32. The van der Waals surface area contributed by atoms with Crippen LogP contribution in [-0.4, -0.2) is 12.6 Å². The smallest absolute Gasteiger partial charge is 0.0843 e. The van der Waals surface area contributed by atoms with Gasteiger partial charge in [-0.1, -0.05) is 13.8 Å². The van der Waals surface area contributed by atoms with E-state index in [1.165, 1.54) is 32.5 Å². The topological polar surface area (TPSA) is 12.0 Å². The Morgan fingerprint density at radius 2 is 2.12 bits per heavy atom. The molecule has 17 heavy (non-hydrogen) atoms. The van der Waals surface area contributed by atoms with E-state index >= 15 is 0 Å². The summed E-state index contributed by atoms with van der Waals surface area (Å²) in [5.41, 5.74) is 0.464. The monoisotopic (exact) mass is 377 g/mol. The molecule has 1 aromatic heterocycles. The van der Waals surface area contributed by atoms with Crippen LogP contribution in [0.1, 0.15) is 37.5 Å². The average Bonchev–Trinajstić information content (AvgIpc) is 3.10. The summed E-state index contributed by atoms with van der Waals surface area (Å²) in [6.07, 6.45) is 2.77. The number of nitrogens with one attached hydrogen (secondary N) is 1. The molecule has 1 heterocycles. The number of rotatable bonds is 4. The maximum atomic E-state index is 3.68. The zero-order valence-electron chi connectivity index (χ0n) is 10.1. The second-order valence-electron chi connectivity index (χ2n) is 5.86. The largest absolute Gasteiger partial charge is 0.314 e. The Kier molecular flexibility index (Phi) is 3.22. The number of hydrogen-bond donors (Lipinski definition) is 1. The highest BCUT2D eigenvalue weighted by Gasteiger charge is 2.58. The van der Waals surface area contributed by atoms with Crippen LogP contribution in [-0.2, 0) is 0 Å². The van der Waals surface area contributed by atoms with Gasteiger partial charge in [0, 0.05) is 21.3 Å². The maximum absolute atomic E-state index is 3.68. The molecule has 4 heteroatoms. The molecule has 3 rings (SSSR count). The summed E-state index contributed by atoms with van der Waals surface area (Å²) in [5, 5.41) is 3.68. The Balaban J connectivity index is 1.70. The standard InChI is InChI=1S/C13H17Br2NS/c1-13(2)8(6-16-7-3-4-7)11(13)10-5-9(14)12(15)17-10/h5,7-8,11,16H,3-4,6H2,1-2H3. The highest BCUT2D eigenvalue weighted by molar-refractivity contribution is 9.13. The molecule has 94 valence electrons. The number of hydrogen-bond acceptors (Lipinski definition) is 2. The van der Waals surface area contributed by atoms with Crippen LogP contribution in [0.25, 0.3) is 0 Å². The fourth-order valence-electron chi connectivity index (χ4n) is 2.79. The van der Waals surface area contributed by atoms with Gasteiger partial charge in [-0.25, -0.2) is 0 Å². The van der Waals surface area contributed by atoms with Gasteiger partial charge in [-0.15, -0.1) is 11.3 Å². The molecule has 2 unspecified atom stereocenters. The SMILES string of the molecule is CC1(C)C(CNC2CC2)C1c1cc(Br)c(Br)s1. The Hall–Kier alpha value is 0.620. The first-order chi connectivity index (χ1) is 8.00. The molecule has 1 nitrogen and oxygen atoms in total. The van der Waals surface area contributed by atoms with Crippen molar-refractivity contribution in [1.82, 2.24) is 5.32 Å². The van der Waals surface area contributed by atoms with Crippen LogP contribution in [0.3, 0.4) is 0 Å². The van der Waals surface area contributed by atoms with Crippen molar-refractivity contribution in [1.29, 1.82) is 0 Å². The lowest BCUT2D eigenvalue weighted by molar-refractivity contribution is 0.517. The van der Waals surface area contributed by atoms with Crippen molar-refractivity contribution in [3.05, 3.63) is 19.2 Å². The van der Waals surface area contributed by atoms with E-state index in [-0.39, 0.29) is 0 Å². The highest BCUT2D eigenvalue weighted by atomic mass is 79.9. The van der Waals surface area contributed by atoms with Crippen LogP contribution in [0.2, 0.25) is 0 Å². The highest BCUT2D eigenvalue weighted by Crippen LogP contribution is 2.65. The molecular formula is C13H17Br2NS. The summed E-state index contributed by atoms with van der Waals surface area (Å²) in [7, 11) is 0. The van der Waals surface area contributed by atoms with Gasteiger partial charge in [0.1, 0.15) is 0 Å². The lowest BCUT2D eigenvalue weighted by Crippen LogP contribution is -2.20. The van der Waals surface area contributed by atoms with Gasteiger partial charge in [0.25, 0.3) is 0 Å². The van der Waals surface area contributed by atoms with Crippen molar-refractivity contribution in [3.63, 3.8) is 0 Å². The van der Waals surface area contributed by atoms with E-state index in [1.807, 2.05) is 11.3 Å². The molecule has 2 fully saturated rings. The van der Waals surface area contributed by atoms with Crippen molar-refractivity contribution in [2.75, 3.05) is 6.54 Å². The molecule has 1 N–H and O–H groups in total. The number of thiophene rings is 1. The molecule has 2 aliphatic rings. The summed E-state index contributed by atoms with van der Waals surface area (Å²) in [6, 6.07) is 3.12. The second-order valence-corrected chi connectivity index (χ2v) is 9.11. The predicted molar refractivity (Wildman–Crippen MR) is 80.8 cm³/mol. The molecule has 0 spiro atoms. The van der Waals surface area contributed by atoms with Crippen molar-refractivity contribution in [3.8, 4) is 0 Å². The Morgan fingerprint density at radius 3 is 2.65 bits per heavy atom. The predicted octanol–water partition coefficient (Wildman–Crippen LogP) is 4.76. The molecule has 2 saturated carbocycles. The average molecular weight is 379 g/mol. The van der Waals surface area contributed by atoms with E-state index in [1.54, 1.807) is 0 Å². The van der Waals surface area contributed by atoms with Gasteiger partial charge < -0.3 is 5.32 Å². The third-order valence-corrected chi connectivity index (χ3v) is 7.56. The molecule has 2 aliphatic carbocycles. The Labute approximate surface area is 124 Å². The quantitative estimate of drug-likeness (QED) is 0.795. The van der Waals surface area contributed by atoms with E-state index in [4.69, 9.17) is 0 Å². The zero-order chi connectivity index (χ0) is 12.2. The maximum Gasteiger partial charge on any atom is 0.0843 e. The van der Waals surface area contributed by atoms with Gasteiger partial charge in [0.2, 0.25) is 0 Å². The Morgan fingerprint density at radius 1 is 1.41 bits per heavy atom. The molecule has 0 amide bonds. The molecule has 2 atom stereocenters. The van der Waals surface area contributed by atoms with E-state index in [0.29, 0.717) is 5.41 Å². The van der Waals surface area contributed by atoms with E-state index < -0.39 is 0 Å². The van der Waals surface area contributed by atoms with E-state index in [9.17, 15) is 0 Å². The zero-order valence-corrected chi connectivity index (χ0v) is 14.1. The number of halogens is 2. The van der Waals surface area contributed by atoms with Crippen LogP contribution < -0.4 is 5.32 Å². The summed E-state index contributed by atoms with van der Waals surface area (Å²) < 4.78 is 2.43. The lowest BCUT2D eigenvalue weighted by atomic mass is 10.1. The molecule has 0 aromatic carbocycles.